The predicted molar refractivity (Wildman–Crippen MR) is 232 cm³/mol. The number of aliphatic hydroxyl groups excluding tert-OH is 11. The molecular weight excluding hydrogens is 865 g/mol. The Bertz CT molecular complexity index is 1750. The molecule has 0 aromatic heterocycles. The van der Waals surface area contributed by atoms with Crippen LogP contribution in [0.1, 0.15) is 107 Å². The van der Waals surface area contributed by atoms with Gasteiger partial charge in [0.2, 0.25) is 0 Å². The van der Waals surface area contributed by atoms with Crippen molar-refractivity contribution in [2.24, 2.45) is 45.3 Å². The van der Waals surface area contributed by atoms with E-state index in [1.54, 1.807) is 0 Å². The van der Waals surface area contributed by atoms with Crippen LogP contribution in [0.15, 0.2) is 11.6 Å². The summed E-state index contributed by atoms with van der Waals surface area (Å²) in [4.78, 5) is 0. The fraction of sp³-hybridized carbons (Fsp3) is 0.958. The maximum absolute atomic E-state index is 11.8. The molecule has 4 saturated carbocycles. The maximum atomic E-state index is 11.8. The van der Waals surface area contributed by atoms with Crippen LogP contribution in [-0.4, -0.2) is 192 Å². The minimum absolute atomic E-state index is 0.0480. The lowest BCUT2D eigenvalue weighted by molar-refractivity contribution is -0.382. The molecule has 18 nitrogen and oxygen atoms in total. The van der Waals surface area contributed by atoms with Crippen LogP contribution in [0.4, 0.5) is 0 Å². The monoisotopic (exact) mass is 945 g/mol. The van der Waals surface area contributed by atoms with Crippen LogP contribution in [0.5, 0.6) is 0 Å². The van der Waals surface area contributed by atoms with Crippen LogP contribution in [0.25, 0.3) is 0 Å². The van der Waals surface area contributed by atoms with E-state index in [2.05, 4.69) is 40.7 Å². The molecular formula is C48H80O18. The molecule has 0 spiro atoms. The molecule has 380 valence electrons. The number of rotatable bonds is 9. The molecule has 4 saturated heterocycles. The summed E-state index contributed by atoms with van der Waals surface area (Å²) in [6.45, 7) is 17.3. The molecule has 8 fully saturated rings. The lowest BCUT2D eigenvalue weighted by Gasteiger charge is -2.72. The van der Waals surface area contributed by atoms with E-state index in [0.29, 0.717) is 32.1 Å². The lowest BCUT2D eigenvalue weighted by Crippen LogP contribution is -2.71. The third-order valence-electron chi connectivity index (χ3n) is 18.9. The van der Waals surface area contributed by atoms with Crippen molar-refractivity contribution in [1.29, 1.82) is 0 Å². The summed E-state index contributed by atoms with van der Waals surface area (Å²) in [5.41, 5.74) is -2.04. The first-order valence-corrected chi connectivity index (χ1v) is 24.4. The average molecular weight is 945 g/mol. The maximum Gasteiger partial charge on any atom is 0.187 e. The zero-order valence-corrected chi connectivity index (χ0v) is 40.0. The van der Waals surface area contributed by atoms with Gasteiger partial charge in [0.15, 0.2) is 18.9 Å². The Kier molecular flexibility index (Phi) is 14.2. The van der Waals surface area contributed by atoms with Crippen LogP contribution in [-0.2, 0) is 33.2 Å². The normalized spacial score (nSPS) is 56.9. The zero-order valence-electron chi connectivity index (χ0n) is 40.0. The molecule has 4 aliphatic carbocycles. The molecule has 8 aliphatic rings. The Hall–Kier alpha value is -0.980. The van der Waals surface area contributed by atoms with Crippen LogP contribution < -0.4 is 0 Å². The smallest absolute Gasteiger partial charge is 0.187 e. The van der Waals surface area contributed by atoms with E-state index in [1.165, 1.54) is 6.92 Å². The van der Waals surface area contributed by atoms with Gasteiger partial charge in [-0.25, -0.2) is 0 Å². The molecule has 4 aliphatic heterocycles. The van der Waals surface area contributed by atoms with Crippen molar-refractivity contribution in [2.75, 3.05) is 13.2 Å². The third kappa shape index (κ3) is 8.10. The van der Waals surface area contributed by atoms with Crippen LogP contribution in [0.2, 0.25) is 0 Å². The van der Waals surface area contributed by atoms with Gasteiger partial charge in [-0.2, -0.15) is 0 Å². The minimum atomic E-state index is -1.74. The van der Waals surface area contributed by atoms with Crippen LogP contribution >= 0.6 is 0 Å². The van der Waals surface area contributed by atoms with Crippen molar-refractivity contribution in [3.05, 3.63) is 11.6 Å². The first kappa shape index (κ1) is 51.4. The van der Waals surface area contributed by atoms with Gasteiger partial charge in [0.1, 0.15) is 67.1 Å². The molecule has 0 aromatic rings. The van der Waals surface area contributed by atoms with E-state index in [0.717, 1.165) is 18.4 Å². The topological polar surface area (TPSA) is 287 Å². The summed E-state index contributed by atoms with van der Waals surface area (Å²) in [5.74, 6) is -0.495. The van der Waals surface area contributed by atoms with Crippen molar-refractivity contribution in [2.45, 2.75) is 229 Å². The summed E-state index contributed by atoms with van der Waals surface area (Å²) >= 11 is 0. The highest BCUT2D eigenvalue weighted by Gasteiger charge is 2.75. The average Bonchev–Trinajstić information content (AvgIpc) is 3.58. The van der Waals surface area contributed by atoms with Gasteiger partial charge in [0.25, 0.3) is 0 Å². The van der Waals surface area contributed by atoms with E-state index in [9.17, 15) is 56.2 Å². The number of hydrogen-bond acceptors (Lipinski definition) is 18. The number of hydrogen-bond donors (Lipinski definition) is 11. The quantitative estimate of drug-likeness (QED) is 0.107. The van der Waals surface area contributed by atoms with Crippen molar-refractivity contribution < 1.29 is 89.3 Å². The Morgan fingerprint density at radius 1 is 0.636 bits per heavy atom. The highest BCUT2D eigenvalue weighted by atomic mass is 16.8. The van der Waals surface area contributed by atoms with Crippen LogP contribution in [0.3, 0.4) is 0 Å². The number of ether oxygens (including phenoxy) is 7. The zero-order chi connectivity index (χ0) is 48.4. The standard InChI is InChI=1S/C48H80O18/c1-20(2)14-22-16-48(9,66-42-38(59)35(56)32(53)26(18-49)63-42)23-10-13-46(7)30(23)24(61-22)15-28-45(6)12-11-29(51)44(4,5)40(45)25(17-47(28,46)8)62-43-39(36(57)33(54)27(19-50)64-43)65-41-37(58)34(55)31(52)21(3)60-41/h14,21-43,49-59H,10-13,15-19H2,1-9H3/t21-,22-,23-,24+,25-,26+,27+,28+,29-,30-,31-,32+,33+,34+,35-,36-,37+,38+,39+,40-,41-,42-,43+,45+,46+,47+,48-/m0/s1. The molecule has 0 aromatic carbocycles. The molecule has 0 radical (unpaired) electrons. The van der Waals surface area contributed by atoms with Crippen molar-refractivity contribution >= 4 is 0 Å². The summed E-state index contributed by atoms with van der Waals surface area (Å²) in [5, 5.41) is 120. The van der Waals surface area contributed by atoms with E-state index < -0.39 is 145 Å². The predicted octanol–water partition coefficient (Wildman–Crippen LogP) is -0.0120. The second-order valence-electron chi connectivity index (χ2n) is 23.3. The molecule has 0 unspecified atom stereocenters. The second kappa shape index (κ2) is 18.3. The summed E-state index contributed by atoms with van der Waals surface area (Å²) < 4.78 is 45.6. The van der Waals surface area contributed by atoms with Gasteiger partial charge in [-0.15, -0.1) is 0 Å². The third-order valence-corrected chi connectivity index (χ3v) is 18.9. The Morgan fingerprint density at radius 2 is 1.24 bits per heavy atom. The summed E-state index contributed by atoms with van der Waals surface area (Å²) in [6.07, 6.45) is -17.7. The molecule has 8 rings (SSSR count). The number of allylic oxidation sites excluding steroid dienone is 1. The fourth-order valence-electron chi connectivity index (χ4n) is 15.4. The molecule has 0 amide bonds. The largest absolute Gasteiger partial charge is 0.394 e. The molecule has 27 atom stereocenters. The van der Waals surface area contributed by atoms with Gasteiger partial charge < -0.3 is 89.3 Å². The van der Waals surface area contributed by atoms with Crippen LogP contribution in [0, 0.1) is 45.3 Å². The minimum Gasteiger partial charge on any atom is -0.394 e. The second-order valence-corrected chi connectivity index (χ2v) is 23.3. The fourth-order valence-corrected chi connectivity index (χ4v) is 15.4. The van der Waals surface area contributed by atoms with Crippen molar-refractivity contribution in [3.8, 4) is 0 Å². The van der Waals surface area contributed by atoms with Crippen molar-refractivity contribution in [3.63, 3.8) is 0 Å². The SMILES string of the molecule is CC(C)=C[C@H]1C[C@](C)(O[C@@H]2O[C@H](CO)[C@@H](O)[C@H](O)[C@H]2O)[C@H]2CC[C@]3(C)[C@@H]2[C@@H](C[C@@H]2[C@@]4(C)CC[C@H](O)C(C)(C)[C@@H]4[C@@H](O[C@@H]4O[C@H](CO)[C@@H](O)[C@H](O)[C@H]4O[C@@H]4O[C@@H](C)[C@H](O)[C@@H](O)[C@H]4O)C[C@]23C)O1. The number of fused-ring (bicyclic) bond motifs is 4. The van der Waals surface area contributed by atoms with E-state index in [-0.39, 0.29) is 35.9 Å². The highest BCUT2D eigenvalue weighted by molar-refractivity contribution is 5.23. The van der Waals surface area contributed by atoms with Gasteiger partial charge in [-0.3, -0.25) is 0 Å². The Labute approximate surface area is 388 Å². The Balaban J connectivity index is 1.18. The molecule has 4 heterocycles. The molecule has 66 heavy (non-hydrogen) atoms. The number of aliphatic hydroxyl groups is 11. The van der Waals surface area contributed by atoms with Gasteiger partial charge in [-0.05, 0) is 112 Å². The van der Waals surface area contributed by atoms with Gasteiger partial charge in [0, 0.05) is 6.42 Å². The molecule has 18 heteroatoms. The summed E-state index contributed by atoms with van der Waals surface area (Å²) in [6, 6.07) is 0. The van der Waals surface area contributed by atoms with E-state index in [1.807, 2.05) is 20.8 Å². The summed E-state index contributed by atoms with van der Waals surface area (Å²) in [7, 11) is 0. The first-order valence-electron chi connectivity index (χ1n) is 24.4. The molecule has 0 bridgehead atoms. The first-order chi connectivity index (χ1) is 30.8. The van der Waals surface area contributed by atoms with Gasteiger partial charge >= 0.3 is 0 Å². The van der Waals surface area contributed by atoms with Gasteiger partial charge in [0.05, 0.1) is 49.3 Å². The lowest BCUT2D eigenvalue weighted by atomic mass is 9.34. The Morgan fingerprint density at radius 3 is 1.88 bits per heavy atom. The van der Waals surface area contributed by atoms with E-state index >= 15 is 0 Å². The highest BCUT2D eigenvalue weighted by Crippen LogP contribution is 2.77. The van der Waals surface area contributed by atoms with Gasteiger partial charge in [-0.1, -0.05) is 46.3 Å². The van der Waals surface area contributed by atoms with E-state index in [4.69, 9.17) is 33.2 Å². The molecule has 11 N–H and O–H groups in total. The van der Waals surface area contributed by atoms with Crippen molar-refractivity contribution in [1.82, 2.24) is 0 Å².